The third-order valence-electron chi connectivity index (χ3n) is 1.91. The zero-order valence-corrected chi connectivity index (χ0v) is 8.84. The van der Waals surface area contributed by atoms with Gasteiger partial charge in [0.1, 0.15) is 11.3 Å². The second-order valence-corrected chi connectivity index (χ2v) is 2.98. The maximum Gasteiger partial charge on any atom is 0.205 e. The number of nitrogens with zero attached hydrogens (tertiary/aromatic N) is 1. The van der Waals surface area contributed by atoms with Gasteiger partial charge in [-0.05, 0) is 13.8 Å². The Bertz CT molecular complexity index is 419. The van der Waals surface area contributed by atoms with Crippen LogP contribution in [0.25, 0.3) is 0 Å². The number of carbonyl (C=O) groups excluding carboxylic acids is 1. The zero-order chi connectivity index (χ0) is 10.7. The van der Waals surface area contributed by atoms with Gasteiger partial charge < -0.3 is 9.73 Å². The van der Waals surface area contributed by atoms with Gasteiger partial charge >= 0.3 is 0 Å². The summed E-state index contributed by atoms with van der Waals surface area (Å²) in [6, 6.07) is 1.75. The third kappa shape index (κ3) is 1.84. The molecule has 0 aliphatic rings. The fourth-order valence-electron chi connectivity index (χ4n) is 1.32. The standard InChI is InChI=1S/C10H14N2O2/c1-6-5-8(11-3)9(7(2)13)10(12-4)14-6/h5,12H,1-4H3. The number of Topliss-reactive ketones (excluding diaryl/α,β-unsaturated/α-hetero) is 1. The second kappa shape index (κ2) is 4.09. The molecular formula is C10H14N2O2. The Morgan fingerprint density at radius 1 is 1.57 bits per heavy atom. The van der Waals surface area contributed by atoms with E-state index in [4.69, 9.17) is 4.42 Å². The van der Waals surface area contributed by atoms with Crippen LogP contribution in [0.4, 0.5) is 5.88 Å². The molecule has 0 unspecified atom stereocenters. The minimum absolute atomic E-state index is 0.0568. The topological polar surface area (TPSA) is 54.6 Å². The molecule has 1 heterocycles. The maximum absolute atomic E-state index is 11.4. The molecule has 0 saturated heterocycles. The Labute approximate surface area is 82.7 Å². The number of rotatable bonds is 2. The van der Waals surface area contributed by atoms with Gasteiger partial charge in [0.05, 0.1) is 5.36 Å². The first-order valence-electron chi connectivity index (χ1n) is 4.36. The summed E-state index contributed by atoms with van der Waals surface area (Å²) < 4.78 is 5.37. The first-order chi connectivity index (χ1) is 6.60. The van der Waals surface area contributed by atoms with Gasteiger partial charge in [0, 0.05) is 20.2 Å². The molecule has 0 aliphatic heterocycles. The van der Waals surface area contributed by atoms with E-state index in [1.807, 2.05) is 6.92 Å². The van der Waals surface area contributed by atoms with Crippen molar-refractivity contribution in [1.82, 2.24) is 0 Å². The van der Waals surface area contributed by atoms with Crippen LogP contribution in [0.2, 0.25) is 0 Å². The molecular weight excluding hydrogens is 180 g/mol. The molecule has 0 aromatic carbocycles. The van der Waals surface area contributed by atoms with Crippen LogP contribution in [0.3, 0.4) is 0 Å². The lowest BCUT2D eigenvalue weighted by Crippen LogP contribution is -2.16. The molecule has 0 spiro atoms. The fraction of sp³-hybridized carbons (Fsp3) is 0.400. The van der Waals surface area contributed by atoms with Gasteiger partial charge in [-0.3, -0.25) is 9.79 Å². The summed E-state index contributed by atoms with van der Waals surface area (Å²) in [5.41, 5.74) is 0.501. The van der Waals surface area contributed by atoms with Gasteiger partial charge in [-0.25, -0.2) is 0 Å². The highest BCUT2D eigenvalue weighted by Crippen LogP contribution is 2.13. The molecule has 0 amide bonds. The molecule has 14 heavy (non-hydrogen) atoms. The Balaban J connectivity index is 3.58. The van der Waals surface area contributed by atoms with Gasteiger partial charge in [0.25, 0.3) is 0 Å². The van der Waals surface area contributed by atoms with Gasteiger partial charge in [-0.15, -0.1) is 0 Å². The summed E-state index contributed by atoms with van der Waals surface area (Å²) in [6.07, 6.45) is 0. The van der Waals surface area contributed by atoms with Crippen LogP contribution in [-0.4, -0.2) is 19.9 Å². The van der Waals surface area contributed by atoms with E-state index in [9.17, 15) is 4.79 Å². The van der Waals surface area contributed by atoms with Crippen molar-refractivity contribution in [3.63, 3.8) is 0 Å². The minimum atomic E-state index is -0.0568. The normalized spacial score (nSPS) is 11.6. The summed E-state index contributed by atoms with van der Waals surface area (Å²) in [4.78, 5) is 15.4. The Hall–Kier alpha value is -1.58. The van der Waals surface area contributed by atoms with Crippen LogP contribution < -0.4 is 10.7 Å². The van der Waals surface area contributed by atoms with E-state index in [1.165, 1.54) is 6.92 Å². The van der Waals surface area contributed by atoms with E-state index >= 15 is 0 Å². The van der Waals surface area contributed by atoms with E-state index in [-0.39, 0.29) is 5.78 Å². The third-order valence-corrected chi connectivity index (χ3v) is 1.91. The maximum atomic E-state index is 11.4. The van der Waals surface area contributed by atoms with Crippen LogP contribution in [0.5, 0.6) is 0 Å². The van der Waals surface area contributed by atoms with Crippen molar-refractivity contribution in [3.8, 4) is 0 Å². The predicted octanol–water partition coefficient (Wildman–Crippen LogP) is 1.36. The van der Waals surface area contributed by atoms with Gasteiger partial charge in [-0.2, -0.15) is 0 Å². The van der Waals surface area contributed by atoms with E-state index in [0.29, 0.717) is 16.8 Å². The van der Waals surface area contributed by atoms with E-state index in [2.05, 4.69) is 10.3 Å². The lowest BCUT2D eigenvalue weighted by molar-refractivity contribution is 0.101. The highest BCUT2D eigenvalue weighted by atomic mass is 16.4. The Morgan fingerprint density at radius 3 is 2.64 bits per heavy atom. The van der Waals surface area contributed by atoms with E-state index in [1.54, 1.807) is 20.2 Å². The van der Waals surface area contributed by atoms with Crippen molar-refractivity contribution < 1.29 is 9.21 Å². The molecule has 0 bridgehead atoms. The number of nitrogens with one attached hydrogen (secondary N) is 1. The summed E-state index contributed by atoms with van der Waals surface area (Å²) in [7, 11) is 3.37. The minimum Gasteiger partial charge on any atom is -0.445 e. The number of anilines is 1. The van der Waals surface area contributed by atoms with Crippen molar-refractivity contribution in [3.05, 3.63) is 22.7 Å². The first-order valence-corrected chi connectivity index (χ1v) is 4.36. The van der Waals surface area contributed by atoms with Crippen LogP contribution in [0, 0.1) is 6.92 Å². The Kier molecular flexibility index (Phi) is 3.06. The highest BCUT2D eigenvalue weighted by Gasteiger charge is 2.11. The first kappa shape index (κ1) is 10.5. The van der Waals surface area contributed by atoms with Crippen molar-refractivity contribution in [2.24, 2.45) is 4.99 Å². The quantitative estimate of drug-likeness (QED) is 0.723. The second-order valence-electron chi connectivity index (χ2n) is 2.98. The summed E-state index contributed by atoms with van der Waals surface area (Å²) >= 11 is 0. The number of hydrogen-bond acceptors (Lipinski definition) is 4. The Morgan fingerprint density at radius 2 is 2.21 bits per heavy atom. The average Bonchev–Trinajstić information content (AvgIpc) is 2.15. The molecule has 4 heteroatoms. The number of ketones is 1. The fourth-order valence-corrected chi connectivity index (χ4v) is 1.32. The molecule has 1 N–H and O–H groups in total. The molecule has 1 aromatic heterocycles. The SMILES string of the molecule is CN=c1cc(C)oc(NC)c1C(C)=O. The molecule has 1 aromatic rings. The van der Waals surface area contributed by atoms with Gasteiger partial charge in [0.15, 0.2) is 5.78 Å². The summed E-state index contributed by atoms with van der Waals surface area (Å²) in [5, 5.41) is 3.50. The monoisotopic (exact) mass is 194 g/mol. The van der Waals surface area contributed by atoms with Crippen LogP contribution in [0.1, 0.15) is 23.0 Å². The number of carbonyl (C=O) groups is 1. The molecule has 4 nitrogen and oxygen atoms in total. The zero-order valence-electron chi connectivity index (χ0n) is 8.84. The van der Waals surface area contributed by atoms with Crippen LogP contribution in [0.15, 0.2) is 15.5 Å². The lowest BCUT2D eigenvalue weighted by Gasteiger charge is -2.06. The predicted molar refractivity (Wildman–Crippen MR) is 54.5 cm³/mol. The molecule has 1 rings (SSSR count). The van der Waals surface area contributed by atoms with Crippen molar-refractivity contribution in [2.75, 3.05) is 19.4 Å². The van der Waals surface area contributed by atoms with Crippen molar-refractivity contribution in [2.45, 2.75) is 13.8 Å². The molecule has 76 valence electrons. The summed E-state index contributed by atoms with van der Waals surface area (Å²) in [5.74, 6) is 1.14. The van der Waals surface area contributed by atoms with Gasteiger partial charge in [-0.1, -0.05) is 0 Å². The number of hydrogen-bond donors (Lipinski definition) is 1. The summed E-state index contributed by atoms with van der Waals surface area (Å²) in [6.45, 7) is 3.31. The molecule has 0 saturated carbocycles. The molecule has 0 fully saturated rings. The largest absolute Gasteiger partial charge is 0.445 e. The van der Waals surface area contributed by atoms with Crippen LogP contribution >= 0.6 is 0 Å². The molecule has 0 radical (unpaired) electrons. The lowest BCUT2D eigenvalue weighted by atomic mass is 10.1. The molecule has 0 atom stereocenters. The van der Waals surface area contributed by atoms with E-state index < -0.39 is 0 Å². The van der Waals surface area contributed by atoms with E-state index in [0.717, 1.165) is 5.76 Å². The van der Waals surface area contributed by atoms with Crippen LogP contribution in [-0.2, 0) is 0 Å². The van der Waals surface area contributed by atoms with Crippen molar-refractivity contribution >= 4 is 11.7 Å². The molecule has 0 aliphatic carbocycles. The smallest absolute Gasteiger partial charge is 0.205 e. The van der Waals surface area contributed by atoms with Gasteiger partial charge in [0.2, 0.25) is 5.88 Å². The number of aryl methyl sites for hydroxylation is 1. The highest BCUT2D eigenvalue weighted by molar-refractivity contribution is 5.98. The average molecular weight is 194 g/mol. The van der Waals surface area contributed by atoms with Crippen molar-refractivity contribution in [1.29, 1.82) is 0 Å².